The summed E-state index contributed by atoms with van der Waals surface area (Å²) >= 11 is 0. The van der Waals surface area contributed by atoms with Gasteiger partial charge in [0.2, 0.25) is 0 Å². The van der Waals surface area contributed by atoms with Crippen molar-refractivity contribution in [1.29, 1.82) is 0 Å². The summed E-state index contributed by atoms with van der Waals surface area (Å²) in [4.78, 5) is 12.7. The predicted molar refractivity (Wildman–Crippen MR) is 73.5 cm³/mol. The van der Waals surface area contributed by atoms with Crippen molar-refractivity contribution < 1.29 is 9.34 Å². The first kappa shape index (κ1) is 12.9. The van der Waals surface area contributed by atoms with Gasteiger partial charge in [-0.1, -0.05) is 6.07 Å². The van der Waals surface area contributed by atoms with E-state index in [4.69, 9.17) is 4.42 Å². The second-order valence-corrected chi connectivity index (χ2v) is 4.17. The molecule has 0 aliphatic carbocycles. The molecule has 0 amide bonds. The van der Waals surface area contributed by atoms with Gasteiger partial charge in [0.25, 0.3) is 0 Å². The highest BCUT2D eigenvalue weighted by Gasteiger charge is 2.21. The molecule has 0 fully saturated rings. The fourth-order valence-electron chi connectivity index (χ4n) is 1.97. The van der Waals surface area contributed by atoms with Crippen molar-refractivity contribution in [3.63, 3.8) is 0 Å². The van der Waals surface area contributed by atoms with Gasteiger partial charge in [-0.2, -0.15) is 0 Å². The number of benzene rings is 1. The fraction of sp³-hybridized carbons (Fsp3) is 0.231. The van der Waals surface area contributed by atoms with Crippen molar-refractivity contribution in [3.8, 4) is 0 Å². The Bertz CT molecular complexity index is 567. The van der Waals surface area contributed by atoms with E-state index in [1.807, 2.05) is 18.0 Å². The van der Waals surface area contributed by atoms with E-state index >= 15 is 0 Å². The average Bonchev–Trinajstić information content (AvgIpc) is 2.90. The Morgan fingerprint density at radius 1 is 1.42 bits per heavy atom. The molecule has 0 unspecified atom stereocenters. The van der Waals surface area contributed by atoms with Gasteiger partial charge in [0.05, 0.1) is 17.4 Å². The van der Waals surface area contributed by atoms with Crippen LogP contribution >= 0.6 is 0 Å². The first-order valence-corrected chi connectivity index (χ1v) is 5.81. The van der Waals surface area contributed by atoms with Crippen LogP contribution in [0.15, 0.2) is 41.2 Å². The quantitative estimate of drug-likeness (QED) is 0.662. The molecule has 19 heavy (non-hydrogen) atoms. The van der Waals surface area contributed by atoms with Gasteiger partial charge in [-0.3, -0.25) is 10.1 Å². The van der Waals surface area contributed by atoms with Crippen LogP contribution in [0.1, 0.15) is 5.56 Å². The molecule has 6 nitrogen and oxygen atoms in total. The molecule has 0 aliphatic rings. The van der Waals surface area contributed by atoms with Crippen molar-refractivity contribution in [2.75, 3.05) is 24.3 Å². The molecule has 100 valence electrons. The van der Waals surface area contributed by atoms with Crippen LogP contribution in [-0.2, 0) is 6.54 Å². The number of nitrogens with one attached hydrogen (secondary N) is 1. The number of nitro benzene ring substituents is 1. The van der Waals surface area contributed by atoms with Crippen LogP contribution in [0.25, 0.3) is 0 Å². The third-order valence-corrected chi connectivity index (χ3v) is 2.88. The minimum Gasteiger partial charge on any atom is -0.472 e. The Morgan fingerprint density at radius 3 is 2.79 bits per heavy atom. The highest BCUT2D eigenvalue weighted by molar-refractivity contribution is 5.76. The van der Waals surface area contributed by atoms with Gasteiger partial charge in [0.1, 0.15) is 11.4 Å². The molecule has 1 N–H and O–H groups in total. The minimum absolute atomic E-state index is 0.0796. The lowest BCUT2D eigenvalue weighted by Gasteiger charge is -2.19. The van der Waals surface area contributed by atoms with Crippen molar-refractivity contribution in [3.05, 3.63) is 52.5 Å². The standard InChI is InChI=1S/C13H15N3O3/c1-14-11-4-3-5-12(13(11)16(17)18)15(2)8-10-6-7-19-9-10/h3-7,9,14H,8H2,1-2H3. The van der Waals surface area contributed by atoms with E-state index in [-0.39, 0.29) is 10.6 Å². The molecule has 0 atom stereocenters. The summed E-state index contributed by atoms with van der Waals surface area (Å²) in [5.41, 5.74) is 2.11. The highest BCUT2D eigenvalue weighted by atomic mass is 16.6. The molecule has 0 spiro atoms. The summed E-state index contributed by atoms with van der Waals surface area (Å²) < 4.78 is 5.00. The number of para-hydroxylation sites is 1. The first-order valence-electron chi connectivity index (χ1n) is 5.81. The van der Waals surface area contributed by atoms with Crippen molar-refractivity contribution in [2.45, 2.75) is 6.54 Å². The van der Waals surface area contributed by atoms with Crippen molar-refractivity contribution >= 4 is 17.1 Å². The van der Waals surface area contributed by atoms with Crippen molar-refractivity contribution in [1.82, 2.24) is 0 Å². The summed E-state index contributed by atoms with van der Waals surface area (Å²) in [7, 11) is 3.48. The molecule has 0 saturated heterocycles. The maximum atomic E-state index is 11.2. The van der Waals surface area contributed by atoms with Gasteiger partial charge < -0.3 is 14.6 Å². The molecule has 6 heteroatoms. The van der Waals surface area contributed by atoms with E-state index < -0.39 is 0 Å². The number of hydrogen-bond acceptors (Lipinski definition) is 5. The van der Waals surface area contributed by atoms with E-state index in [0.29, 0.717) is 17.9 Å². The zero-order chi connectivity index (χ0) is 13.8. The molecule has 2 rings (SSSR count). The number of nitrogens with zero attached hydrogens (tertiary/aromatic N) is 2. The summed E-state index contributed by atoms with van der Waals surface area (Å²) in [6.45, 7) is 0.546. The molecule has 1 aromatic heterocycles. The van der Waals surface area contributed by atoms with E-state index in [1.54, 1.807) is 37.8 Å². The zero-order valence-electron chi connectivity index (χ0n) is 10.8. The lowest BCUT2D eigenvalue weighted by molar-refractivity contribution is -0.383. The van der Waals surface area contributed by atoms with Crippen molar-refractivity contribution in [2.24, 2.45) is 0 Å². The lowest BCUT2D eigenvalue weighted by Crippen LogP contribution is -2.17. The smallest absolute Gasteiger partial charge is 0.315 e. The summed E-state index contributed by atoms with van der Waals surface area (Å²) in [5, 5.41) is 14.1. The predicted octanol–water partition coefficient (Wildman–Crippen LogP) is 2.87. The zero-order valence-corrected chi connectivity index (χ0v) is 10.8. The van der Waals surface area contributed by atoms with Crippen LogP contribution in [0, 0.1) is 10.1 Å². The Kier molecular flexibility index (Phi) is 3.70. The molecule has 1 aromatic carbocycles. The molecular formula is C13H15N3O3. The number of nitro groups is 1. The van der Waals surface area contributed by atoms with Gasteiger partial charge in [-0.15, -0.1) is 0 Å². The highest BCUT2D eigenvalue weighted by Crippen LogP contribution is 2.35. The normalized spacial score (nSPS) is 10.2. The Labute approximate surface area is 110 Å². The van der Waals surface area contributed by atoms with E-state index in [1.165, 1.54) is 0 Å². The van der Waals surface area contributed by atoms with Crippen LogP contribution in [-0.4, -0.2) is 19.0 Å². The molecule has 0 saturated carbocycles. The molecule has 0 radical (unpaired) electrons. The molecule has 0 bridgehead atoms. The van der Waals surface area contributed by atoms with E-state index in [0.717, 1.165) is 5.56 Å². The monoisotopic (exact) mass is 261 g/mol. The van der Waals surface area contributed by atoms with Gasteiger partial charge in [-0.25, -0.2) is 0 Å². The summed E-state index contributed by atoms with van der Waals surface area (Å²) in [5.74, 6) is 0. The van der Waals surface area contributed by atoms with Gasteiger partial charge in [-0.05, 0) is 18.2 Å². The van der Waals surface area contributed by atoms with Crippen LogP contribution in [0.5, 0.6) is 0 Å². The van der Waals surface area contributed by atoms with E-state index in [9.17, 15) is 10.1 Å². The largest absolute Gasteiger partial charge is 0.472 e. The Hall–Kier alpha value is -2.50. The number of anilines is 2. The second kappa shape index (κ2) is 5.43. The third-order valence-electron chi connectivity index (χ3n) is 2.88. The topological polar surface area (TPSA) is 71.5 Å². The van der Waals surface area contributed by atoms with Gasteiger partial charge in [0.15, 0.2) is 0 Å². The van der Waals surface area contributed by atoms with Gasteiger partial charge >= 0.3 is 5.69 Å². The third kappa shape index (κ3) is 2.67. The first-order chi connectivity index (χ1) is 9.13. The molecule has 1 heterocycles. The van der Waals surface area contributed by atoms with E-state index in [2.05, 4.69) is 5.32 Å². The maximum Gasteiger partial charge on any atom is 0.315 e. The molecule has 2 aromatic rings. The van der Waals surface area contributed by atoms with Crippen LogP contribution < -0.4 is 10.2 Å². The van der Waals surface area contributed by atoms with Crippen LogP contribution in [0.2, 0.25) is 0 Å². The fourth-order valence-corrected chi connectivity index (χ4v) is 1.97. The van der Waals surface area contributed by atoms with Gasteiger partial charge in [0, 0.05) is 26.2 Å². The maximum absolute atomic E-state index is 11.2. The average molecular weight is 261 g/mol. The number of hydrogen-bond donors (Lipinski definition) is 1. The SMILES string of the molecule is CNc1cccc(N(C)Cc2ccoc2)c1[N+](=O)[O-]. The summed E-state index contributed by atoms with van der Waals surface area (Å²) in [6, 6.07) is 7.05. The number of furan rings is 1. The lowest BCUT2D eigenvalue weighted by atomic mass is 10.2. The number of rotatable bonds is 5. The second-order valence-electron chi connectivity index (χ2n) is 4.17. The Balaban J connectivity index is 2.35. The Morgan fingerprint density at radius 2 is 2.21 bits per heavy atom. The summed E-state index contributed by atoms with van der Waals surface area (Å²) in [6.07, 6.45) is 3.21. The van der Waals surface area contributed by atoms with Crippen LogP contribution in [0.4, 0.5) is 17.1 Å². The molecular weight excluding hydrogens is 246 g/mol. The molecule has 0 aliphatic heterocycles. The van der Waals surface area contributed by atoms with Crippen LogP contribution in [0.3, 0.4) is 0 Å². The minimum atomic E-state index is -0.368.